The normalized spacial score (nSPS) is 10.9. The maximum absolute atomic E-state index is 14.0. The fraction of sp³-hybridized carbons (Fsp3) is 0.294. The van der Waals surface area contributed by atoms with Gasteiger partial charge in [0, 0.05) is 17.6 Å². The maximum Gasteiger partial charge on any atom is 0.165 e. The maximum atomic E-state index is 14.0. The quantitative estimate of drug-likeness (QED) is 0.845. The molecule has 0 heterocycles. The SMILES string of the molecule is CC(C)NCc1ccc(OCc2cccc(Cl)c2)c(F)c1. The van der Waals surface area contributed by atoms with Crippen molar-refractivity contribution in [3.63, 3.8) is 0 Å². The predicted molar refractivity (Wildman–Crippen MR) is 84.2 cm³/mol. The predicted octanol–water partition coefficient (Wildman–Crippen LogP) is 4.56. The highest BCUT2D eigenvalue weighted by molar-refractivity contribution is 6.30. The number of halogens is 2. The Morgan fingerprint density at radius 1 is 1.14 bits per heavy atom. The summed E-state index contributed by atoms with van der Waals surface area (Å²) in [7, 11) is 0. The zero-order valence-corrected chi connectivity index (χ0v) is 13.0. The Labute approximate surface area is 129 Å². The third-order valence-corrected chi connectivity index (χ3v) is 3.23. The minimum Gasteiger partial charge on any atom is -0.486 e. The first-order chi connectivity index (χ1) is 10.0. The molecular formula is C17H19ClFNO. The van der Waals surface area contributed by atoms with Crippen molar-refractivity contribution in [3.8, 4) is 5.75 Å². The molecule has 0 saturated carbocycles. The van der Waals surface area contributed by atoms with Crippen LogP contribution in [-0.2, 0) is 13.2 Å². The molecule has 0 bridgehead atoms. The summed E-state index contributed by atoms with van der Waals surface area (Å²) in [6.07, 6.45) is 0. The number of ether oxygens (including phenoxy) is 1. The summed E-state index contributed by atoms with van der Waals surface area (Å²) in [6.45, 7) is 5.04. The Morgan fingerprint density at radius 2 is 1.95 bits per heavy atom. The van der Waals surface area contributed by atoms with Gasteiger partial charge in [0.05, 0.1) is 0 Å². The van der Waals surface area contributed by atoms with Gasteiger partial charge in [-0.25, -0.2) is 4.39 Å². The topological polar surface area (TPSA) is 21.3 Å². The van der Waals surface area contributed by atoms with Gasteiger partial charge >= 0.3 is 0 Å². The van der Waals surface area contributed by atoms with Crippen LogP contribution >= 0.6 is 11.6 Å². The Bertz CT molecular complexity index is 601. The summed E-state index contributed by atoms with van der Waals surface area (Å²) in [5, 5.41) is 3.90. The third-order valence-electron chi connectivity index (χ3n) is 2.99. The lowest BCUT2D eigenvalue weighted by Crippen LogP contribution is -2.21. The molecule has 0 amide bonds. The fourth-order valence-electron chi connectivity index (χ4n) is 1.88. The molecule has 4 heteroatoms. The highest BCUT2D eigenvalue weighted by Crippen LogP contribution is 2.20. The lowest BCUT2D eigenvalue weighted by atomic mass is 10.2. The highest BCUT2D eigenvalue weighted by atomic mass is 35.5. The van der Waals surface area contributed by atoms with Crippen LogP contribution in [0.2, 0.25) is 5.02 Å². The molecule has 0 atom stereocenters. The van der Waals surface area contributed by atoms with Crippen molar-refractivity contribution in [3.05, 3.63) is 64.4 Å². The van der Waals surface area contributed by atoms with Gasteiger partial charge in [0.2, 0.25) is 0 Å². The van der Waals surface area contributed by atoms with E-state index >= 15 is 0 Å². The summed E-state index contributed by atoms with van der Waals surface area (Å²) in [6, 6.07) is 12.7. The Balaban J connectivity index is 1.97. The molecule has 2 nitrogen and oxygen atoms in total. The largest absolute Gasteiger partial charge is 0.486 e. The van der Waals surface area contributed by atoms with Crippen LogP contribution in [0.4, 0.5) is 4.39 Å². The number of benzene rings is 2. The molecule has 21 heavy (non-hydrogen) atoms. The first kappa shape index (κ1) is 15.8. The summed E-state index contributed by atoms with van der Waals surface area (Å²) in [4.78, 5) is 0. The van der Waals surface area contributed by atoms with Crippen LogP contribution in [0.5, 0.6) is 5.75 Å². The average molecular weight is 308 g/mol. The molecular weight excluding hydrogens is 289 g/mol. The molecule has 0 spiro atoms. The molecule has 0 aromatic heterocycles. The van der Waals surface area contributed by atoms with Crippen molar-refractivity contribution in [1.29, 1.82) is 0 Å². The Morgan fingerprint density at radius 3 is 2.62 bits per heavy atom. The second-order valence-corrected chi connectivity index (χ2v) is 5.66. The van der Waals surface area contributed by atoms with Crippen molar-refractivity contribution < 1.29 is 9.13 Å². The number of rotatable bonds is 6. The van der Waals surface area contributed by atoms with Gasteiger partial charge < -0.3 is 10.1 Å². The molecule has 0 aliphatic rings. The molecule has 0 fully saturated rings. The van der Waals surface area contributed by atoms with E-state index in [0.717, 1.165) is 11.1 Å². The van der Waals surface area contributed by atoms with Gasteiger partial charge in [-0.05, 0) is 35.4 Å². The van der Waals surface area contributed by atoms with Crippen LogP contribution in [0.3, 0.4) is 0 Å². The minimum absolute atomic E-state index is 0.253. The fourth-order valence-corrected chi connectivity index (χ4v) is 2.09. The zero-order valence-electron chi connectivity index (χ0n) is 12.2. The summed E-state index contributed by atoms with van der Waals surface area (Å²) in [5.74, 6) is -0.0941. The van der Waals surface area contributed by atoms with Crippen LogP contribution in [0, 0.1) is 5.82 Å². The van der Waals surface area contributed by atoms with E-state index < -0.39 is 0 Å². The van der Waals surface area contributed by atoms with Gasteiger partial charge in [-0.15, -0.1) is 0 Å². The van der Waals surface area contributed by atoms with Crippen molar-refractivity contribution in [2.75, 3.05) is 0 Å². The molecule has 2 rings (SSSR count). The van der Waals surface area contributed by atoms with Crippen molar-refractivity contribution in [2.24, 2.45) is 0 Å². The second-order valence-electron chi connectivity index (χ2n) is 5.22. The second kappa shape index (κ2) is 7.43. The van der Waals surface area contributed by atoms with Crippen LogP contribution in [0.15, 0.2) is 42.5 Å². The van der Waals surface area contributed by atoms with Crippen molar-refractivity contribution in [1.82, 2.24) is 5.32 Å². The van der Waals surface area contributed by atoms with Crippen LogP contribution in [0.25, 0.3) is 0 Å². The molecule has 1 N–H and O–H groups in total. The molecule has 2 aromatic carbocycles. The van der Waals surface area contributed by atoms with E-state index in [1.165, 1.54) is 6.07 Å². The van der Waals surface area contributed by atoms with E-state index in [1.54, 1.807) is 18.2 Å². The first-order valence-electron chi connectivity index (χ1n) is 6.93. The van der Waals surface area contributed by atoms with Crippen molar-refractivity contribution >= 4 is 11.6 Å². The van der Waals surface area contributed by atoms with Gasteiger partial charge in [-0.1, -0.05) is 43.6 Å². The molecule has 0 aliphatic heterocycles. The van der Waals surface area contributed by atoms with E-state index in [0.29, 0.717) is 24.2 Å². The highest BCUT2D eigenvalue weighted by Gasteiger charge is 2.06. The summed E-state index contributed by atoms with van der Waals surface area (Å²) >= 11 is 5.90. The van der Waals surface area contributed by atoms with Crippen LogP contribution in [0.1, 0.15) is 25.0 Å². The van der Waals surface area contributed by atoms with Crippen LogP contribution < -0.4 is 10.1 Å². The van der Waals surface area contributed by atoms with E-state index in [-0.39, 0.29) is 11.6 Å². The third kappa shape index (κ3) is 5.03. The molecule has 112 valence electrons. The Hall–Kier alpha value is -1.58. The van der Waals surface area contributed by atoms with Gasteiger partial charge in [-0.3, -0.25) is 0 Å². The molecule has 0 unspecified atom stereocenters. The zero-order chi connectivity index (χ0) is 15.2. The van der Waals surface area contributed by atoms with E-state index in [9.17, 15) is 4.39 Å². The van der Waals surface area contributed by atoms with Gasteiger partial charge in [0.1, 0.15) is 6.61 Å². The molecule has 2 aromatic rings. The summed E-state index contributed by atoms with van der Waals surface area (Å²) in [5.41, 5.74) is 1.81. The van der Waals surface area contributed by atoms with Gasteiger partial charge in [0.15, 0.2) is 11.6 Å². The number of hydrogen-bond acceptors (Lipinski definition) is 2. The lowest BCUT2D eigenvalue weighted by Gasteiger charge is -2.11. The smallest absolute Gasteiger partial charge is 0.165 e. The van der Waals surface area contributed by atoms with Crippen molar-refractivity contribution in [2.45, 2.75) is 33.0 Å². The monoisotopic (exact) mass is 307 g/mol. The minimum atomic E-state index is -0.347. The van der Waals surface area contributed by atoms with Crippen LogP contribution in [-0.4, -0.2) is 6.04 Å². The van der Waals surface area contributed by atoms with E-state index in [1.807, 2.05) is 18.2 Å². The van der Waals surface area contributed by atoms with Gasteiger partial charge in [-0.2, -0.15) is 0 Å². The Kier molecular flexibility index (Phi) is 5.59. The number of nitrogens with one attached hydrogen (secondary N) is 1. The first-order valence-corrected chi connectivity index (χ1v) is 7.31. The van der Waals surface area contributed by atoms with E-state index in [4.69, 9.17) is 16.3 Å². The average Bonchev–Trinajstić information content (AvgIpc) is 2.44. The molecule has 0 saturated heterocycles. The molecule has 0 aliphatic carbocycles. The molecule has 0 radical (unpaired) electrons. The van der Waals surface area contributed by atoms with E-state index in [2.05, 4.69) is 19.2 Å². The number of hydrogen-bond donors (Lipinski definition) is 1. The van der Waals surface area contributed by atoms with Gasteiger partial charge in [0.25, 0.3) is 0 Å². The summed E-state index contributed by atoms with van der Waals surface area (Å²) < 4.78 is 19.5. The lowest BCUT2D eigenvalue weighted by molar-refractivity contribution is 0.290. The standard InChI is InChI=1S/C17H19ClFNO/c1-12(2)20-10-13-6-7-17(16(19)9-13)21-11-14-4-3-5-15(18)8-14/h3-9,12,20H,10-11H2,1-2H3.